The third-order valence-corrected chi connectivity index (χ3v) is 6.10. The van der Waals surface area contributed by atoms with Gasteiger partial charge in [-0.15, -0.1) is 0 Å². The van der Waals surface area contributed by atoms with Crippen LogP contribution < -0.4 is 0 Å². The Kier molecular flexibility index (Phi) is 9.66. The maximum Gasteiger partial charge on any atom is 0.339 e. The fourth-order valence-corrected chi connectivity index (χ4v) is 4.63. The number of carbonyl (C=O) groups is 4. The first-order valence-electron chi connectivity index (χ1n) is 11.3. The van der Waals surface area contributed by atoms with Crippen molar-refractivity contribution in [1.82, 2.24) is 0 Å². The molecule has 33 heavy (non-hydrogen) atoms. The molecule has 0 unspecified atom stereocenters. The lowest BCUT2D eigenvalue weighted by Gasteiger charge is -2.46. The molecule has 0 spiro atoms. The van der Waals surface area contributed by atoms with Crippen LogP contribution in [0.3, 0.4) is 0 Å². The molecule has 1 aliphatic carbocycles. The minimum atomic E-state index is -1.45. The largest absolute Gasteiger partial charge is 0.467 e. The number of methoxy groups -OCH3 is 1. The Balaban J connectivity index is 2.46. The summed E-state index contributed by atoms with van der Waals surface area (Å²) in [5, 5.41) is 0. The van der Waals surface area contributed by atoms with Crippen LogP contribution in [0.4, 0.5) is 0 Å². The quantitative estimate of drug-likeness (QED) is 0.402. The molecule has 10 heteroatoms. The molecule has 0 aromatic heterocycles. The highest BCUT2D eigenvalue weighted by Gasteiger charge is 2.56. The highest BCUT2D eigenvalue weighted by molar-refractivity contribution is 5.77. The van der Waals surface area contributed by atoms with Crippen LogP contribution in [0, 0.1) is 17.8 Å². The topological polar surface area (TPSA) is 124 Å². The van der Waals surface area contributed by atoms with Crippen molar-refractivity contribution in [2.24, 2.45) is 17.8 Å². The third-order valence-electron chi connectivity index (χ3n) is 6.10. The van der Waals surface area contributed by atoms with Crippen molar-refractivity contribution in [1.29, 1.82) is 0 Å². The summed E-state index contributed by atoms with van der Waals surface area (Å²) in [6.07, 6.45) is -4.14. The van der Waals surface area contributed by atoms with Gasteiger partial charge in [-0.1, -0.05) is 27.2 Å². The van der Waals surface area contributed by atoms with Gasteiger partial charge in [0.25, 0.3) is 0 Å². The van der Waals surface area contributed by atoms with Gasteiger partial charge in [-0.05, 0) is 30.6 Å². The van der Waals surface area contributed by atoms with Gasteiger partial charge in [0, 0.05) is 20.8 Å². The van der Waals surface area contributed by atoms with Crippen molar-refractivity contribution in [2.45, 2.75) is 97.6 Å². The van der Waals surface area contributed by atoms with Gasteiger partial charge >= 0.3 is 23.9 Å². The van der Waals surface area contributed by atoms with E-state index in [-0.39, 0.29) is 12.0 Å². The second kappa shape index (κ2) is 11.8. The van der Waals surface area contributed by atoms with Crippen LogP contribution >= 0.6 is 0 Å². The molecule has 1 heterocycles. The molecular formula is C23H36O10. The average molecular weight is 473 g/mol. The van der Waals surface area contributed by atoms with E-state index in [4.69, 9.17) is 28.4 Å². The van der Waals surface area contributed by atoms with Gasteiger partial charge in [-0.25, -0.2) is 4.79 Å². The summed E-state index contributed by atoms with van der Waals surface area (Å²) in [4.78, 5) is 48.1. The maximum absolute atomic E-state index is 12.5. The number of ether oxygens (including phenoxy) is 6. The first kappa shape index (κ1) is 27.0. The van der Waals surface area contributed by atoms with Crippen molar-refractivity contribution < 1.29 is 47.6 Å². The highest BCUT2D eigenvalue weighted by Crippen LogP contribution is 2.38. The first-order chi connectivity index (χ1) is 15.4. The SMILES string of the molecule is COC(=O)[C@@H]1O[C@@H](O[C@@H]2C[C@H](C)CC[C@H]2C(C)C)[C@H](OC(C)=O)[C@@H](OC(C)=O)[C@@H]1OC(C)=O. The van der Waals surface area contributed by atoms with Gasteiger partial charge in [0.15, 0.2) is 30.7 Å². The average Bonchev–Trinajstić information content (AvgIpc) is 2.70. The van der Waals surface area contributed by atoms with Crippen LogP contribution in [-0.4, -0.2) is 67.8 Å². The fourth-order valence-electron chi connectivity index (χ4n) is 4.63. The number of hydrogen-bond donors (Lipinski definition) is 0. The predicted molar refractivity (Wildman–Crippen MR) is 114 cm³/mol. The number of esters is 4. The predicted octanol–water partition coefficient (Wildman–Crippen LogP) is 2.16. The van der Waals surface area contributed by atoms with Gasteiger partial charge in [0.05, 0.1) is 13.2 Å². The van der Waals surface area contributed by atoms with Crippen LogP contribution in [0.5, 0.6) is 0 Å². The summed E-state index contributed by atoms with van der Waals surface area (Å²) < 4.78 is 33.2. The summed E-state index contributed by atoms with van der Waals surface area (Å²) >= 11 is 0. The Hall–Kier alpha value is -2.20. The van der Waals surface area contributed by atoms with E-state index in [2.05, 4.69) is 20.8 Å². The summed E-state index contributed by atoms with van der Waals surface area (Å²) in [7, 11) is 1.16. The van der Waals surface area contributed by atoms with Crippen molar-refractivity contribution in [3.8, 4) is 0 Å². The standard InChI is InChI=1S/C23H36O10/c1-11(2)16-9-8-12(3)10-17(16)32-23-21(31-15(6)26)19(30-14(5)25)18(29-13(4)24)20(33-23)22(27)28-7/h11-12,16-21,23H,8-10H2,1-7H3/t12-,16+,17-,18+,19+,20-,21-,23-/m1/s1. The van der Waals surface area contributed by atoms with E-state index in [1.165, 1.54) is 6.92 Å². The lowest BCUT2D eigenvalue weighted by molar-refractivity contribution is -0.317. The zero-order valence-electron chi connectivity index (χ0n) is 20.4. The molecule has 0 bridgehead atoms. The summed E-state index contributed by atoms with van der Waals surface area (Å²) in [6, 6.07) is 0. The molecule has 8 atom stereocenters. The van der Waals surface area contributed by atoms with E-state index in [0.717, 1.165) is 40.2 Å². The lowest BCUT2D eigenvalue weighted by atomic mass is 9.75. The number of carbonyl (C=O) groups excluding carboxylic acids is 4. The maximum atomic E-state index is 12.5. The van der Waals surface area contributed by atoms with Crippen molar-refractivity contribution in [3.63, 3.8) is 0 Å². The third kappa shape index (κ3) is 7.14. The van der Waals surface area contributed by atoms with E-state index < -0.39 is 54.6 Å². The molecule has 0 aromatic carbocycles. The molecule has 1 aliphatic heterocycles. The van der Waals surface area contributed by atoms with Gasteiger partial charge in [0.2, 0.25) is 0 Å². The van der Waals surface area contributed by atoms with E-state index >= 15 is 0 Å². The molecule has 10 nitrogen and oxygen atoms in total. The molecule has 0 aromatic rings. The van der Waals surface area contributed by atoms with Gasteiger partial charge in [0.1, 0.15) is 0 Å². The molecule has 0 N–H and O–H groups in total. The van der Waals surface area contributed by atoms with Crippen LogP contribution in [-0.2, 0) is 47.6 Å². The molecule has 2 rings (SSSR count). The molecule has 188 valence electrons. The highest BCUT2D eigenvalue weighted by atomic mass is 16.7. The van der Waals surface area contributed by atoms with Gasteiger partial charge in [-0.2, -0.15) is 0 Å². The van der Waals surface area contributed by atoms with Crippen LogP contribution in [0.25, 0.3) is 0 Å². The van der Waals surface area contributed by atoms with Crippen molar-refractivity contribution >= 4 is 23.9 Å². The molecule has 0 amide bonds. The lowest BCUT2D eigenvalue weighted by Crippen LogP contribution is -2.64. The molecular weight excluding hydrogens is 436 g/mol. The van der Waals surface area contributed by atoms with Crippen molar-refractivity contribution in [3.05, 3.63) is 0 Å². The van der Waals surface area contributed by atoms with Crippen LogP contribution in [0.1, 0.15) is 60.8 Å². The fraction of sp³-hybridized carbons (Fsp3) is 0.826. The molecule has 0 radical (unpaired) electrons. The Bertz CT molecular complexity index is 720. The molecule has 2 aliphatic rings. The summed E-state index contributed by atoms with van der Waals surface area (Å²) in [5.74, 6) is -2.02. The Morgan fingerprint density at radius 3 is 1.91 bits per heavy atom. The minimum absolute atomic E-state index is 0.220. The van der Waals surface area contributed by atoms with E-state index in [1.54, 1.807) is 0 Å². The second-order valence-electron chi connectivity index (χ2n) is 9.17. The van der Waals surface area contributed by atoms with Crippen LogP contribution in [0.15, 0.2) is 0 Å². The summed E-state index contributed by atoms with van der Waals surface area (Å²) in [6.45, 7) is 9.84. The summed E-state index contributed by atoms with van der Waals surface area (Å²) in [5.41, 5.74) is 0. The van der Waals surface area contributed by atoms with Gasteiger partial charge in [-0.3, -0.25) is 14.4 Å². The molecule has 2 fully saturated rings. The zero-order chi connectivity index (χ0) is 24.9. The molecule has 1 saturated carbocycles. The number of hydrogen-bond acceptors (Lipinski definition) is 10. The van der Waals surface area contributed by atoms with Crippen LogP contribution in [0.2, 0.25) is 0 Å². The van der Waals surface area contributed by atoms with E-state index in [1.807, 2.05) is 0 Å². The van der Waals surface area contributed by atoms with E-state index in [9.17, 15) is 19.2 Å². The normalized spacial score (nSPS) is 34.3. The number of rotatable bonds is 7. The Labute approximate surface area is 194 Å². The first-order valence-corrected chi connectivity index (χ1v) is 11.3. The molecule has 1 saturated heterocycles. The van der Waals surface area contributed by atoms with Crippen molar-refractivity contribution in [2.75, 3.05) is 7.11 Å². The monoisotopic (exact) mass is 472 g/mol. The van der Waals surface area contributed by atoms with Gasteiger partial charge < -0.3 is 28.4 Å². The minimum Gasteiger partial charge on any atom is -0.467 e. The Morgan fingerprint density at radius 2 is 1.39 bits per heavy atom. The smallest absolute Gasteiger partial charge is 0.339 e. The Morgan fingerprint density at radius 1 is 0.848 bits per heavy atom. The van der Waals surface area contributed by atoms with E-state index in [0.29, 0.717) is 11.8 Å². The zero-order valence-corrected chi connectivity index (χ0v) is 20.4. The second-order valence-corrected chi connectivity index (χ2v) is 9.17.